The van der Waals surface area contributed by atoms with E-state index in [-0.39, 0.29) is 0 Å². The van der Waals surface area contributed by atoms with E-state index in [2.05, 4.69) is 105 Å². The smallest absolute Gasteiger partial charge is 0.236 e. The summed E-state index contributed by atoms with van der Waals surface area (Å²) in [4.78, 5) is 14.7. The topological polar surface area (TPSA) is 48.0 Å². The molecule has 41 heavy (non-hydrogen) atoms. The third-order valence-electron chi connectivity index (χ3n) is 8.84. The standard InChI is InChI=1S/C36H21N5/c1-20-22-13-8-18-37-35(22)39-36(38-20)41-29-15-7-5-12-25(29)27-19-26-24-11-4-6-14-28(24)40-30-17-16-21-9-2-3-10-23(21)31(30)32(33(26)40)34(27)41/h2-19H,1H3. The molecule has 0 atom stereocenters. The Morgan fingerprint density at radius 3 is 2.12 bits per heavy atom. The summed E-state index contributed by atoms with van der Waals surface area (Å²) in [6, 6.07) is 37.0. The predicted octanol–water partition coefficient (Wildman–Crippen LogP) is 8.73. The minimum Gasteiger partial charge on any atom is -0.308 e. The number of fused-ring (bicyclic) bond motifs is 13. The van der Waals surface area contributed by atoms with Gasteiger partial charge in [-0.05, 0) is 54.1 Å². The lowest BCUT2D eigenvalue weighted by Gasteiger charge is -2.10. The second kappa shape index (κ2) is 7.34. The van der Waals surface area contributed by atoms with Crippen LogP contribution >= 0.6 is 0 Å². The van der Waals surface area contributed by atoms with Crippen molar-refractivity contribution in [3.8, 4) is 5.95 Å². The van der Waals surface area contributed by atoms with Crippen molar-refractivity contribution >= 4 is 81.7 Å². The highest BCUT2D eigenvalue weighted by Gasteiger charge is 2.26. The molecule has 0 aliphatic heterocycles. The van der Waals surface area contributed by atoms with Gasteiger partial charge in [-0.3, -0.25) is 4.57 Å². The Morgan fingerprint density at radius 1 is 0.537 bits per heavy atom. The molecule has 0 N–H and O–H groups in total. The summed E-state index contributed by atoms with van der Waals surface area (Å²) in [5, 5.41) is 10.9. The van der Waals surface area contributed by atoms with Crippen LogP contribution in [0.15, 0.2) is 109 Å². The molecule has 0 aliphatic rings. The number of hydrogen-bond acceptors (Lipinski definition) is 3. The van der Waals surface area contributed by atoms with Crippen molar-refractivity contribution in [3.05, 3.63) is 115 Å². The van der Waals surface area contributed by atoms with E-state index in [1.54, 1.807) is 6.20 Å². The van der Waals surface area contributed by atoms with E-state index in [0.717, 1.165) is 22.1 Å². The Kier molecular flexibility index (Phi) is 3.81. The highest BCUT2D eigenvalue weighted by atomic mass is 15.2. The van der Waals surface area contributed by atoms with Crippen LogP contribution in [0.3, 0.4) is 0 Å². The average molecular weight is 524 g/mol. The van der Waals surface area contributed by atoms with E-state index in [1.807, 2.05) is 19.1 Å². The first-order chi connectivity index (χ1) is 20.3. The van der Waals surface area contributed by atoms with Crippen molar-refractivity contribution in [1.29, 1.82) is 0 Å². The molecule has 0 fully saturated rings. The second-order valence-electron chi connectivity index (χ2n) is 10.9. The number of benzene rings is 5. The zero-order valence-corrected chi connectivity index (χ0v) is 22.1. The van der Waals surface area contributed by atoms with Gasteiger partial charge in [0.05, 0.1) is 33.3 Å². The average Bonchev–Trinajstić information content (AvgIpc) is 3.65. The Bertz CT molecular complexity index is 2710. The third-order valence-corrected chi connectivity index (χ3v) is 8.84. The minimum absolute atomic E-state index is 0.645. The number of aryl methyl sites for hydroxylation is 1. The van der Waals surface area contributed by atoms with E-state index in [4.69, 9.17) is 9.97 Å². The van der Waals surface area contributed by atoms with Crippen LogP contribution in [0.2, 0.25) is 0 Å². The van der Waals surface area contributed by atoms with E-state index >= 15 is 0 Å². The lowest BCUT2D eigenvalue weighted by atomic mass is 10.00. The first-order valence-corrected chi connectivity index (χ1v) is 13.9. The minimum atomic E-state index is 0.645. The second-order valence-corrected chi connectivity index (χ2v) is 10.9. The quantitative estimate of drug-likeness (QED) is 0.216. The van der Waals surface area contributed by atoms with Crippen molar-refractivity contribution < 1.29 is 0 Å². The van der Waals surface area contributed by atoms with Crippen molar-refractivity contribution in [2.45, 2.75) is 6.92 Å². The van der Waals surface area contributed by atoms with Gasteiger partial charge in [-0.2, -0.15) is 4.98 Å². The number of pyridine rings is 1. The molecule has 0 spiro atoms. The lowest BCUT2D eigenvalue weighted by molar-refractivity contribution is 0.983. The summed E-state index contributed by atoms with van der Waals surface area (Å²) in [5.74, 6) is 0.645. The van der Waals surface area contributed by atoms with Crippen LogP contribution in [0.4, 0.5) is 0 Å². The Morgan fingerprint density at radius 2 is 1.24 bits per heavy atom. The van der Waals surface area contributed by atoms with Gasteiger partial charge in [-0.15, -0.1) is 0 Å². The molecule has 0 amide bonds. The third kappa shape index (κ3) is 2.54. The van der Waals surface area contributed by atoms with Crippen LogP contribution in [-0.4, -0.2) is 23.9 Å². The molecule has 10 rings (SSSR count). The fourth-order valence-corrected chi connectivity index (χ4v) is 7.17. The Labute approximate surface area is 233 Å². The van der Waals surface area contributed by atoms with Crippen LogP contribution in [0.5, 0.6) is 0 Å². The maximum Gasteiger partial charge on any atom is 0.236 e. The number of aromatic nitrogens is 5. The molecule has 0 saturated carbocycles. The van der Waals surface area contributed by atoms with E-state index in [1.165, 1.54) is 59.6 Å². The summed E-state index contributed by atoms with van der Waals surface area (Å²) < 4.78 is 4.72. The number of rotatable bonds is 1. The highest BCUT2D eigenvalue weighted by molar-refractivity contribution is 6.37. The van der Waals surface area contributed by atoms with E-state index < -0.39 is 0 Å². The van der Waals surface area contributed by atoms with Crippen LogP contribution in [-0.2, 0) is 0 Å². The molecular formula is C36H21N5. The molecule has 5 heterocycles. The molecule has 5 aromatic heterocycles. The molecule has 0 saturated heterocycles. The number of nitrogens with zero attached hydrogens (tertiary/aromatic N) is 5. The molecule has 0 bridgehead atoms. The van der Waals surface area contributed by atoms with E-state index in [0.29, 0.717) is 11.6 Å². The zero-order valence-electron chi connectivity index (χ0n) is 22.1. The Balaban J connectivity index is 1.56. The largest absolute Gasteiger partial charge is 0.308 e. The molecule has 190 valence electrons. The first kappa shape index (κ1) is 21.3. The van der Waals surface area contributed by atoms with E-state index in [9.17, 15) is 0 Å². The van der Waals surface area contributed by atoms with Gasteiger partial charge in [0.25, 0.3) is 0 Å². The van der Waals surface area contributed by atoms with Gasteiger partial charge in [-0.1, -0.05) is 66.7 Å². The molecule has 0 radical (unpaired) electrons. The monoisotopic (exact) mass is 523 g/mol. The van der Waals surface area contributed by atoms with Gasteiger partial charge in [0, 0.05) is 43.9 Å². The fourth-order valence-electron chi connectivity index (χ4n) is 7.17. The van der Waals surface area contributed by atoms with Gasteiger partial charge in [0.15, 0.2) is 5.65 Å². The van der Waals surface area contributed by atoms with Crippen molar-refractivity contribution in [2.24, 2.45) is 0 Å². The Hall–Kier alpha value is -5.55. The van der Waals surface area contributed by atoms with Crippen molar-refractivity contribution in [2.75, 3.05) is 0 Å². The zero-order chi connectivity index (χ0) is 26.8. The molecular weight excluding hydrogens is 502 g/mol. The number of hydrogen-bond donors (Lipinski definition) is 0. The van der Waals surface area contributed by atoms with Gasteiger partial charge in [0.1, 0.15) is 0 Å². The van der Waals surface area contributed by atoms with Crippen molar-refractivity contribution in [3.63, 3.8) is 0 Å². The SMILES string of the molecule is Cc1nc(-n2c3ccccc3c3cc4c5ccccc5n5c6ccc7ccccc7c6c(c32)c45)nc2ncccc12. The van der Waals surface area contributed by atoms with Crippen molar-refractivity contribution in [1.82, 2.24) is 23.9 Å². The highest BCUT2D eigenvalue weighted by Crippen LogP contribution is 2.47. The molecule has 0 unspecified atom stereocenters. The lowest BCUT2D eigenvalue weighted by Crippen LogP contribution is -2.04. The summed E-state index contributed by atoms with van der Waals surface area (Å²) in [6.45, 7) is 2.04. The summed E-state index contributed by atoms with van der Waals surface area (Å²) >= 11 is 0. The predicted molar refractivity (Wildman–Crippen MR) is 169 cm³/mol. The summed E-state index contributed by atoms with van der Waals surface area (Å²) in [6.07, 6.45) is 1.80. The summed E-state index contributed by atoms with van der Waals surface area (Å²) in [7, 11) is 0. The van der Waals surface area contributed by atoms with Gasteiger partial charge in [0.2, 0.25) is 5.95 Å². The van der Waals surface area contributed by atoms with Gasteiger partial charge in [-0.25, -0.2) is 9.97 Å². The molecule has 0 aliphatic carbocycles. The normalized spacial score (nSPS) is 12.5. The molecule has 10 aromatic rings. The van der Waals surface area contributed by atoms with Crippen LogP contribution in [0, 0.1) is 6.92 Å². The molecule has 5 nitrogen and oxygen atoms in total. The molecule has 5 heteroatoms. The summed E-state index contributed by atoms with van der Waals surface area (Å²) in [5.41, 5.74) is 7.53. The maximum atomic E-state index is 5.08. The van der Waals surface area contributed by atoms with Crippen LogP contribution < -0.4 is 0 Å². The molecule has 5 aromatic carbocycles. The fraction of sp³-hybridized carbons (Fsp3) is 0.0278. The van der Waals surface area contributed by atoms with Crippen LogP contribution in [0.1, 0.15) is 5.69 Å². The van der Waals surface area contributed by atoms with Crippen LogP contribution in [0.25, 0.3) is 87.7 Å². The first-order valence-electron chi connectivity index (χ1n) is 13.9. The van der Waals surface area contributed by atoms with Gasteiger partial charge >= 0.3 is 0 Å². The number of para-hydroxylation sites is 2. The maximum absolute atomic E-state index is 5.08. The van der Waals surface area contributed by atoms with Gasteiger partial charge < -0.3 is 4.40 Å².